The Morgan fingerprint density at radius 1 is 0.952 bits per heavy atom. The summed E-state index contributed by atoms with van der Waals surface area (Å²) in [5.41, 5.74) is 3.06. The van der Waals surface area contributed by atoms with Crippen molar-refractivity contribution >= 4 is 12.4 Å². The summed E-state index contributed by atoms with van der Waals surface area (Å²) in [6.45, 7) is 4.87. The van der Waals surface area contributed by atoms with Gasteiger partial charge in [0, 0.05) is 5.56 Å². The number of aldehydes is 1. The zero-order valence-corrected chi connectivity index (χ0v) is 12.5. The van der Waals surface area contributed by atoms with Crippen LogP contribution in [-0.4, -0.2) is 12.9 Å². The highest BCUT2D eigenvalue weighted by Crippen LogP contribution is 2.18. The van der Waals surface area contributed by atoms with Crippen LogP contribution in [0.2, 0.25) is 0 Å². The van der Waals surface area contributed by atoms with E-state index in [1.165, 1.54) is 5.56 Å². The van der Waals surface area contributed by atoms with E-state index in [1.807, 2.05) is 36.4 Å². The average molecular weight is 280 g/mol. The van der Waals surface area contributed by atoms with Gasteiger partial charge in [0.05, 0.1) is 0 Å². The normalized spacial score (nSPS) is 11.0. The van der Waals surface area contributed by atoms with Crippen LogP contribution < -0.4 is 4.74 Å². The minimum Gasteiger partial charge on any atom is -0.490 e. The minimum atomic E-state index is 0.524. The molecule has 0 bridgehead atoms. The summed E-state index contributed by atoms with van der Waals surface area (Å²) in [5.74, 6) is 1.41. The highest BCUT2D eigenvalue weighted by atomic mass is 16.5. The molecule has 0 aliphatic heterocycles. The summed E-state index contributed by atoms with van der Waals surface area (Å²) in [6.07, 6.45) is 4.79. The Bertz CT molecular complexity index is 592. The number of rotatable bonds is 6. The largest absolute Gasteiger partial charge is 0.490 e. The van der Waals surface area contributed by atoms with Crippen LogP contribution in [-0.2, 0) is 0 Å². The van der Waals surface area contributed by atoms with E-state index in [2.05, 4.69) is 26.0 Å². The molecule has 0 atom stereocenters. The summed E-state index contributed by atoms with van der Waals surface area (Å²) >= 11 is 0. The van der Waals surface area contributed by atoms with Gasteiger partial charge in [0.2, 0.25) is 0 Å². The van der Waals surface area contributed by atoms with Crippen LogP contribution in [0.5, 0.6) is 5.75 Å². The van der Waals surface area contributed by atoms with Gasteiger partial charge in [-0.05, 0) is 35.3 Å². The Hall–Kier alpha value is -2.35. The van der Waals surface area contributed by atoms with Gasteiger partial charge in [-0.3, -0.25) is 4.79 Å². The van der Waals surface area contributed by atoms with Crippen molar-refractivity contribution in [3.05, 3.63) is 71.3 Å². The summed E-state index contributed by atoms with van der Waals surface area (Å²) in [5, 5.41) is 0. The van der Waals surface area contributed by atoms with Gasteiger partial charge in [0.15, 0.2) is 0 Å². The lowest BCUT2D eigenvalue weighted by molar-refractivity contribution is 0.112. The molecule has 0 unspecified atom stereocenters. The molecule has 0 saturated heterocycles. The third kappa shape index (κ3) is 4.60. The molecular formula is C19H20O2. The van der Waals surface area contributed by atoms with Gasteiger partial charge in [-0.1, -0.05) is 56.3 Å². The predicted molar refractivity (Wildman–Crippen MR) is 86.9 cm³/mol. The molecule has 2 rings (SSSR count). The second-order valence-electron chi connectivity index (χ2n) is 5.22. The monoisotopic (exact) mass is 280 g/mol. The van der Waals surface area contributed by atoms with E-state index < -0.39 is 0 Å². The highest BCUT2D eigenvalue weighted by Gasteiger charge is 1.98. The van der Waals surface area contributed by atoms with Crippen LogP contribution in [0.3, 0.4) is 0 Å². The van der Waals surface area contributed by atoms with Crippen molar-refractivity contribution < 1.29 is 9.53 Å². The van der Waals surface area contributed by atoms with Crippen molar-refractivity contribution in [1.82, 2.24) is 0 Å². The standard InChI is InChI=1S/C19H20O2/c1-15(2)18-9-11-19(12-10-18)21-13-3-4-16-5-7-17(14-20)8-6-16/h3-12,14-15H,13H2,1-2H3/b4-3+. The first-order valence-corrected chi connectivity index (χ1v) is 7.13. The molecule has 108 valence electrons. The molecule has 0 aromatic heterocycles. The number of hydrogen-bond acceptors (Lipinski definition) is 2. The van der Waals surface area contributed by atoms with Gasteiger partial charge in [0.1, 0.15) is 18.6 Å². The molecule has 0 N–H and O–H groups in total. The number of benzene rings is 2. The summed E-state index contributed by atoms with van der Waals surface area (Å²) < 4.78 is 5.66. The molecular weight excluding hydrogens is 260 g/mol. The van der Waals surface area contributed by atoms with Crippen molar-refractivity contribution in [2.24, 2.45) is 0 Å². The topological polar surface area (TPSA) is 26.3 Å². The van der Waals surface area contributed by atoms with Crippen LogP contribution in [0.4, 0.5) is 0 Å². The first-order valence-electron chi connectivity index (χ1n) is 7.13. The van der Waals surface area contributed by atoms with Gasteiger partial charge in [-0.25, -0.2) is 0 Å². The van der Waals surface area contributed by atoms with Crippen molar-refractivity contribution in [1.29, 1.82) is 0 Å². The maximum atomic E-state index is 10.6. The molecule has 0 radical (unpaired) electrons. The lowest BCUT2D eigenvalue weighted by Gasteiger charge is -2.07. The fourth-order valence-electron chi connectivity index (χ4n) is 1.96. The Morgan fingerprint density at radius 2 is 1.57 bits per heavy atom. The van der Waals surface area contributed by atoms with Crippen LogP contribution in [0.15, 0.2) is 54.6 Å². The number of carbonyl (C=O) groups is 1. The van der Waals surface area contributed by atoms with E-state index in [4.69, 9.17) is 4.74 Å². The first kappa shape index (κ1) is 15.0. The first-order chi connectivity index (χ1) is 10.2. The maximum absolute atomic E-state index is 10.6. The van der Waals surface area contributed by atoms with E-state index in [0.29, 0.717) is 18.1 Å². The molecule has 0 fully saturated rings. The van der Waals surface area contributed by atoms with Crippen LogP contribution in [0.25, 0.3) is 6.08 Å². The van der Waals surface area contributed by atoms with Crippen molar-refractivity contribution in [3.8, 4) is 5.75 Å². The van der Waals surface area contributed by atoms with Crippen molar-refractivity contribution in [2.75, 3.05) is 6.61 Å². The number of carbonyl (C=O) groups excluding carboxylic acids is 1. The van der Waals surface area contributed by atoms with Crippen LogP contribution in [0, 0.1) is 0 Å². The minimum absolute atomic E-state index is 0.524. The van der Waals surface area contributed by atoms with Crippen LogP contribution in [0.1, 0.15) is 41.3 Å². The highest BCUT2D eigenvalue weighted by molar-refractivity contribution is 5.75. The SMILES string of the molecule is CC(C)c1ccc(OC/C=C/c2ccc(C=O)cc2)cc1. The average Bonchev–Trinajstić information content (AvgIpc) is 2.52. The summed E-state index contributed by atoms with van der Waals surface area (Å²) in [4.78, 5) is 10.6. The molecule has 2 nitrogen and oxygen atoms in total. The van der Waals surface area contributed by atoms with Gasteiger partial charge in [0.25, 0.3) is 0 Å². The Balaban J connectivity index is 1.85. The van der Waals surface area contributed by atoms with E-state index in [9.17, 15) is 4.79 Å². The smallest absolute Gasteiger partial charge is 0.150 e. The van der Waals surface area contributed by atoms with Gasteiger partial charge < -0.3 is 4.74 Å². The third-order valence-electron chi connectivity index (χ3n) is 3.28. The molecule has 0 saturated carbocycles. The molecule has 2 aromatic carbocycles. The zero-order valence-electron chi connectivity index (χ0n) is 12.5. The Kier molecular flexibility index (Phi) is 5.33. The van der Waals surface area contributed by atoms with E-state index >= 15 is 0 Å². The Morgan fingerprint density at radius 3 is 2.14 bits per heavy atom. The van der Waals surface area contributed by atoms with Gasteiger partial charge in [-0.15, -0.1) is 0 Å². The molecule has 0 heterocycles. The Labute approximate surface area is 126 Å². The summed E-state index contributed by atoms with van der Waals surface area (Å²) in [6, 6.07) is 15.6. The lowest BCUT2D eigenvalue weighted by atomic mass is 10.0. The fourth-order valence-corrected chi connectivity index (χ4v) is 1.96. The molecule has 0 aliphatic rings. The van der Waals surface area contributed by atoms with Crippen molar-refractivity contribution in [3.63, 3.8) is 0 Å². The van der Waals surface area contributed by atoms with E-state index in [-0.39, 0.29) is 0 Å². The quantitative estimate of drug-likeness (QED) is 0.716. The molecule has 0 amide bonds. The molecule has 0 aliphatic carbocycles. The van der Waals surface area contributed by atoms with Gasteiger partial charge in [-0.2, -0.15) is 0 Å². The molecule has 0 spiro atoms. The van der Waals surface area contributed by atoms with Crippen molar-refractivity contribution in [2.45, 2.75) is 19.8 Å². The third-order valence-corrected chi connectivity index (χ3v) is 3.28. The molecule has 21 heavy (non-hydrogen) atoms. The zero-order chi connectivity index (χ0) is 15.1. The number of ether oxygens (including phenoxy) is 1. The van der Waals surface area contributed by atoms with Crippen LogP contribution >= 0.6 is 0 Å². The molecule has 2 heteroatoms. The van der Waals surface area contributed by atoms with E-state index in [1.54, 1.807) is 12.1 Å². The lowest BCUT2D eigenvalue weighted by Crippen LogP contribution is -1.94. The second-order valence-corrected chi connectivity index (χ2v) is 5.22. The number of hydrogen-bond donors (Lipinski definition) is 0. The van der Waals surface area contributed by atoms with Gasteiger partial charge >= 0.3 is 0 Å². The predicted octanol–water partition coefficient (Wildman–Crippen LogP) is 4.71. The van der Waals surface area contributed by atoms with E-state index in [0.717, 1.165) is 17.6 Å². The second kappa shape index (κ2) is 7.44. The fraction of sp³-hybridized carbons (Fsp3) is 0.211. The summed E-state index contributed by atoms with van der Waals surface area (Å²) in [7, 11) is 0. The maximum Gasteiger partial charge on any atom is 0.150 e. The molecule has 2 aromatic rings.